The third kappa shape index (κ3) is 7.93. The Morgan fingerprint density at radius 1 is 1.62 bits per heavy atom. The third-order valence-electron chi connectivity index (χ3n) is 1.23. The molecular weight excluding hydrogens is 218 g/mol. The molecule has 0 heterocycles. The average Bonchev–Trinajstić information content (AvgIpc) is 1.98. The molecule has 5 nitrogen and oxygen atoms in total. The minimum atomic E-state index is -4.08. The van der Waals surface area contributed by atoms with Gasteiger partial charge in [0.15, 0.2) is 6.23 Å². The van der Waals surface area contributed by atoms with E-state index >= 15 is 0 Å². The van der Waals surface area contributed by atoms with Crippen molar-refractivity contribution >= 4 is 26.1 Å². The van der Waals surface area contributed by atoms with Crippen LogP contribution < -0.4 is 0 Å². The highest BCUT2D eigenvalue weighted by Crippen LogP contribution is 2.11. The van der Waals surface area contributed by atoms with Gasteiger partial charge in [-0.1, -0.05) is 13.3 Å². The number of hydrogen-bond donors (Lipinski definition) is 0. The molecule has 0 saturated heterocycles. The second-order valence-electron chi connectivity index (χ2n) is 2.31. The van der Waals surface area contributed by atoms with Crippen molar-refractivity contribution in [2.24, 2.45) is 4.99 Å². The van der Waals surface area contributed by atoms with Gasteiger partial charge in [0.05, 0.1) is 0 Å². The summed E-state index contributed by atoms with van der Waals surface area (Å²) in [7, 11) is 0.726. The van der Waals surface area contributed by atoms with E-state index in [2.05, 4.69) is 9.18 Å². The number of hydrogen-bond acceptors (Lipinski definition) is 5. The Morgan fingerprint density at radius 2 is 2.23 bits per heavy atom. The molecule has 1 unspecified atom stereocenters. The molecule has 0 spiro atoms. The molecule has 0 aromatic rings. The smallest absolute Gasteiger partial charge is 0.230 e. The van der Waals surface area contributed by atoms with Crippen molar-refractivity contribution in [1.29, 1.82) is 0 Å². The normalized spacial score (nSPS) is 13.4. The van der Waals surface area contributed by atoms with Crippen molar-refractivity contribution in [1.82, 2.24) is 0 Å². The standard InChI is InChI=1S/C6H10ClNO4S/c1-2-3-4-6(8-5-9)12-13(7,10)11/h6H,2-4H2,1H3. The maximum Gasteiger partial charge on any atom is 0.357 e. The first kappa shape index (κ1) is 12.6. The van der Waals surface area contributed by atoms with Gasteiger partial charge < -0.3 is 0 Å². The Labute approximate surface area is 81.4 Å². The van der Waals surface area contributed by atoms with Gasteiger partial charge in [0.25, 0.3) is 0 Å². The van der Waals surface area contributed by atoms with Crippen LogP contribution in [0.3, 0.4) is 0 Å². The van der Waals surface area contributed by atoms with Crippen LogP contribution in [-0.2, 0) is 18.3 Å². The highest BCUT2D eigenvalue weighted by molar-refractivity contribution is 8.10. The molecule has 0 aromatic heterocycles. The zero-order chi connectivity index (χ0) is 10.3. The van der Waals surface area contributed by atoms with E-state index in [9.17, 15) is 13.2 Å². The molecule has 0 amide bonds. The Kier molecular flexibility index (Phi) is 5.90. The number of carbonyl (C=O) groups excluding carboxylic acids is 1. The minimum Gasteiger partial charge on any atom is -0.230 e. The molecular formula is C6H10ClNO4S. The summed E-state index contributed by atoms with van der Waals surface area (Å²) in [6, 6.07) is 0. The van der Waals surface area contributed by atoms with Crippen LogP contribution in [0.1, 0.15) is 26.2 Å². The van der Waals surface area contributed by atoms with E-state index in [0.717, 1.165) is 6.42 Å². The zero-order valence-electron chi connectivity index (χ0n) is 7.07. The van der Waals surface area contributed by atoms with Crippen LogP contribution in [0.2, 0.25) is 0 Å². The van der Waals surface area contributed by atoms with Gasteiger partial charge in [-0.15, -0.1) is 0 Å². The van der Waals surface area contributed by atoms with Crippen molar-refractivity contribution in [2.75, 3.05) is 0 Å². The van der Waals surface area contributed by atoms with E-state index in [0.29, 0.717) is 12.8 Å². The van der Waals surface area contributed by atoms with Gasteiger partial charge in [-0.25, -0.2) is 8.98 Å². The van der Waals surface area contributed by atoms with Crippen LogP contribution in [0.5, 0.6) is 0 Å². The number of rotatable bonds is 6. The molecule has 0 N–H and O–H groups in total. The topological polar surface area (TPSA) is 72.8 Å². The van der Waals surface area contributed by atoms with Crippen LogP contribution in [0.25, 0.3) is 0 Å². The van der Waals surface area contributed by atoms with Gasteiger partial charge in [-0.3, -0.25) is 0 Å². The molecule has 7 heteroatoms. The quantitative estimate of drug-likeness (QED) is 0.390. The molecule has 0 aliphatic rings. The second kappa shape index (κ2) is 6.10. The number of nitrogens with zero attached hydrogens (tertiary/aromatic N) is 1. The lowest BCUT2D eigenvalue weighted by atomic mass is 10.2. The van der Waals surface area contributed by atoms with Gasteiger partial charge in [0.2, 0.25) is 6.08 Å². The zero-order valence-corrected chi connectivity index (χ0v) is 8.64. The Balaban J connectivity index is 4.18. The van der Waals surface area contributed by atoms with Crippen LogP contribution in [-0.4, -0.2) is 20.7 Å². The van der Waals surface area contributed by atoms with Gasteiger partial charge >= 0.3 is 9.33 Å². The van der Waals surface area contributed by atoms with E-state index in [1.165, 1.54) is 6.08 Å². The van der Waals surface area contributed by atoms with Gasteiger partial charge in [0.1, 0.15) is 0 Å². The summed E-state index contributed by atoms with van der Waals surface area (Å²) >= 11 is 0. The first-order valence-corrected chi connectivity index (χ1v) is 5.93. The Bertz CT molecular complexity index is 283. The lowest BCUT2D eigenvalue weighted by molar-refractivity contribution is 0.211. The van der Waals surface area contributed by atoms with E-state index in [1.807, 2.05) is 6.92 Å². The number of halogens is 1. The summed E-state index contributed by atoms with van der Waals surface area (Å²) in [5, 5.41) is 0. The first-order valence-electron chi connectivity index (χ1n) is 3.69. The highest BCUT2D eigenvalue weighted by Gasteiger charge is 2.15. The summed E-state index contributed by atoms with van der Waals surface area (Å²) < 4.78 is 25.2. The molecule has 0 bridgehead atoms. The first-order chi connectivity index (χ1) is 5.99. The molecule has 0 aromatic carbocycles. The van der Waals surface area contributed by atoms with E-state index < -0.39 is 15.6 Å². The fourth-order valence-corrected chi connectivity index (χ4v) is 1.36. The molecule has 76 valence electrons. The maximum atomic E-state index is 10.4. The fourth-order valence-electron chi connectivity index (χ4n) is 0.704. The SMILES string of the molecule is CCCCC(N=C=O)OS(=O)(=O)Cl. The van der Waals surface area contributed by atoms with Gasteiger partial charge in [-0.2, -0.15) is 13.4 Å². The molecule has 0 saturated carbocycles. The molecule has 0 radical (unpaired) electrons. The number of aliphatic imine (C=N–C) groups is 1. The highest BCUT2D eigenvalue weighted by atomic mass is 35.7. The van der Waals surface area contributed by atoms with Crippen LogP contribution in [0.4, 0.5) is 0 Å². The molecule has 0 aliphatic carbocycles. The molecule has 0 rings (SSSR count). The largest absolute Gasteiger partial charge is 0.357 e. The average molecular weight is 228 g/mol. The molecule has 13 heavy (non-hydrogen) atoms. The van der Waals surface area contributed by atoms with E-state index in [1.54, 1.807) is 0 Å². The van der Waals surface area contributed by atoms with Crippen LogP contribution in [0, 0.1) is 0 Å². The van der Waals surface area contributed by atoms with Crippen LogP contribution in [0.15, 0.2) is 4.99 Å². The summed E-state index contributed by atoms with van der Waals surface area (Å²) in [6.45, 7) is 1.91. The van der Waals surface area contributed by atoms with Crippen molar-refractivity contribution in [2.45, 2.75) is 32.4 Å². The lowest BCUT2D eigenvalue weighted by Gasteiger charge is -2.06. The van der Waals surface area contributed by atoms with Crippen molar-refractivity contribution in [3.8, 4) is 0 Å². The fraction of sp³-hybridized carbons (Fsp3) is 0.833. The molecule has 1 atom stereocenters. The molecule has 0 fully saturated rings. The van der Waals surface area contributed by atoms with E-state index in [4.69, 9.17) is 10.7 Å². The van der Waals surface area contributed by atoms with Crippen molar-refractivity contribution in [3.05, 3.63) is 0 Å². The monoisotopic (exact) mass is 227 g/mol. The predicted octanol–water partition coefficient (Wildman–Crippen LogP) is 1.34. The summed E-state index contributed by atoms with van der Waals surface area (Å²) in [5.41, 5.74) is 0. The van der Waals surface area contributed by atoms with Gasteiger partial charge in [0, 0.05) is 10.7 Å². The summed E-state index contributed by atoms with van der Waals surface area (Å²) in [5.74, 6) is 0. The number of isocyanates is 1. The number of unbranched alkanes of at least 4 members (excludes halogenated alkanes) is 1. The molecule has 0 aliphatic heterocycles. The second-order valence-corrected chi connectivity index (χ2v) is 4.42. The minimum absolute atomic E-state index is 0.331. The Hall–Kier alpha value is -0.420. The van der Waals surface area contributed by atoms with E-state index in [-0.39, 0.29) is 0 Å². The van der Waals surface area contributed by atoms with Crippen molar-refractivity contribution < 1.29 is 17.4 Å². The van der Waals surface area contributed by atoms with Crippen LogP contribution >= 0.6 is 10.7 Å². The summed E-state index contributed by atoms with van der Waals surface area (Å²) in [6.07, 6.45) is 2.06. The lowest BCUT2D eigenvalue weighted by Crippen LogP contribution is -2.12. The third-order valence-corrected chi connectivity index (χ3v) is 1.90. The maximum absolute atomic E-state index is 10.4. The van der Waals surface area contributed by atoms with Gasteiger partial charge in [-0.05, 0) is 12.8 Å². The predicted molar refractivity (Wildman–Crippen MR) is 47.3 cm³/mol. The Morgan fingerprint density at radius 3 is 2.62 bits per heavy atom. The summed E-state index contributed by atoms with van der Waals surface area (Å²) in [4.78, 5) is 13.0. The van der Waals surface area contributed by atoms with Crippen molar-refractivity contribution in [3.63, 3.8) is 0 Å².